The molecule has 0 saturated carbocycles. The summed E-state index contributed by atoms with van der Waals surface area (Å²) in [5.74, 6) is 0. The second kappa shape index (κ2) is 4.46. The lowest BCUT2D eigenvalue weighted by Crippen LogP contribution is -2.55. The number of nitrogens with zero attached hydrogens (tertiary/aromatic N) is 1. The average Bonchev–Trinajstić information content (AvgIpc) is 2.21. The first-order valence-corrected chi connectivity index (χ1v) is 4.99. The molecule has 5 nitrogen and oxygen atoms in total. The molecule has 1 heterocycles. The maximum absolute atomic E-state index is 9.77. The van der Waals surface area contributed by atoms with Gasteiger partial charge in [-0.25, -0.2) is 10.1 Å². The molecular weight excluding hydrogens is 276 g/mol. The highest BCUT2D eigenvalue weighted by atomic mass is 79.9. The summed E-state index contributed by atoms with van der Waals surface area (Å²) in [6.07, 6.45) is 1.37. The fourth-order valence-electron chi connectivity index (χ4n) is 1.00. The Hall–Kier alpha value is -0.400. The molecule has 0 bridgehead atoms. The molecule has 0 spiro atoms. The van der Waals surface area contributed by atoms with E-state index in [0.29, 0.717) is 10.0 Å². The van der Waals surface area contributed by atoms with Crippen molar-refractivity contribution in [2.24, 2.45) is 0 Å². The minimum atomic E-state index is -2.86. The lowest BCUT2D eigenvalue weighted by atomic mass is 9.64. The molecule has 2 unspecified atom stereocenters. The van der Waals surface area contributed by atoms with E-state index in [2.05, 4.69) is 25.8 Å². The third-order valence-electron chi connectivity index (χ3n) is 2.12. The zero-order chi connectivity index (χ0) is 12.6. The molecule has 1 aromatic rings. The van der Waals surface area contributed by atoms with Gasteiger partial charge in [0.15, 0.2) is 13.5 Å². The van der Waals surface area contributed by atoms with Gasteiger partial charge in [-0.1, -0.05) is 0 Å². The topological polar surface area (TPSA) is 82.8 Å². The molecule has 0 fully saturated rings. The Morgan fingerprint density at radius 3 is 2.44 bits per heavy atom. The molecule has 0 aliphatic carbocycles. The Morgan fingerprint density at radius 2 is 2.00 bits per heavy atom. The smallest absolute Gasteiger partial charge is 0.175 e. The first-order valence-electron chi connectivity index (χ1n) is 4.20. The van der Waals surface area contributed by atoms with Crippen molar-refractivity contribution in [2.75, 3.05) is 0 Å². The van der Waals surface area contributed by atoms with E-state index in [9.17, 15) is 10.2 Å². The first kappa shape index (κ1) is 13.7. The van der Waals surface area contributed by atoms with Crippen LogP contribution in [0.1, 0.15) is 11.3 Å². The van der Waals surface area contributed by atoms with Crippen LogP contribution in [0.3, 0.4) is 0 Å². The quantitative estimate of drug-likeness (QED) is 0.309. The van der Waals surface area contributed by atoms with Crippen LogP contribution in [0.5, 0.6) is 0 Å². The van der Waals surface area contributed by atoms with Crippen molar-refractivity contribution in [1.29, 1.82) is 0 Å². The van der Waals surface area contributed by atoms with Gasteiger partial charge in [-0.15, -0.1) is 0 Å². The van der Waals surface area contributed by atoms with Gasteiger partial charge in [-0.2, -0.15) is 0 Å². The Balaban J connectivity index is 3.22. The minimum absolute atomic E-state index is 0.146. The second-order valence-electron chi connectivity index (χ2n) is 3.37. The predicted octanol–water partition coefficient (Wildman–Crippen LogP) is -0.230. The van der Waals surface area contributed by atoms with E-state index in [1.54, 1.807) is 6.92 Å². The molecule has 3 N–H and O–H groups in total. The van der Waals surface area contributed by atoms with E-state index in [1.807, 2.05) is 0 Å². The highest BCUT2D eigenvalue weighted by Gasteiger charge is 2.44. The van der Waals surface area contributed by atoms with Crippen LogP contribution in [0, 0.1) is 6.92 Å². The van der Waals surface area contributed by atoms with Crippen LogP contribution in [0.25, 0.3) is 0 Å². The largest absolute Gasteiger partial charge is 0.389 e. The summed E-state index contributed by atoms with van der Waals surface area (Å²) in [5.41, 5.74) is -4.84. The highest BCUT2D eigenvalue weighted by Crippen LogP contribution is 2.28. The molecule has 0 aromatic carbocycles. The van der Waals surface area contributed by atoms with Crippen LogP contribution >= 0.6 is 15.9 Å². The van der Waals surface area contributed by atoms with Crippen LogP contribution in [-0.2, 0) is 10.4 Å². The Labute approximate surface area is 103 Å². The number of aromatic nitrogens is 1. The maximum Gasteiger partial charge on any atom is 0.175 e. The highest BCUT2D eigenvalue weighted by molar-refractivity contribution is 9.10. The molecule has 0 saturated heterocycles. The van der Waals surface area contributed by atoms with Gasteiger partial charge in [0, 0.05) is 10.7 Å². The molecule has 2 atom stereocenters. The van der Waals surface area contributed by atoms with Crippen molar-refractivity contribution >= 4 is 31.6 Å². The molecule has 0 aliphatic heterocycles. The Bertz CT molecular complexity index is 400. The van der Waals surface area contributed by atoms with Gasteiger partial charge in [0.05, 0.1) is 5.69 Å². The number of pyridine rings is 1. The summed E-state index contributed by atoms with van der Waals surface area (Å²) in [6, 6.07) is 1.39. The Morgan fingerprint density at radius 1 is 1.44 bits per heavy atom. The molecule has 1 rings (SSSR count). The fourth-order valence-corrected chi connectivity index (χ4v) is 1.22. The Kier molecular flexibility index (Phi) is 3.81. The molecule has 1 aromatic heterocycles. The van der Waals surface area contributed by atoms with Gasteiger partial charge < -0.3 is 10.2 Å². The molecule has 0 aliphatic rings. The van der Waals surface area contributed by atoms with Crippen molar-refractivity contribution in [2.45, 2.75) is 18.1 Å². The standard InChI is InChI=1S/C8H8B2BrNO4/c1-4-2-6(12-3-5(4)11)7(9,13)8(10,14)16-15/h2-3,13-15H,1H3. The van der Waals surface area contributed by atoms with Crippen molar-refractivity contribution in [3.8, 4) is 0 Å². The van der Waals surface area contributed by atoms with E-state index in [-0.39, 0.29) is 5.69 Å². The van der Waals surface area contributed by atoms with Crippen LogP contribution in [0.4, 0.5) is 0 Å². The zero-order valence-electron chi connectivity index (χ0n) is 8.38. The lowest BCUT2D eigenvalue weighted by molar-refractivity contribution is -0.388. The third kappa shape index (κ3) is 2.31. The van der Waals surface area contributed by atoms with Gasteiger partial charge in [-0.3, -0.25) is 4.98 Å². The molecule has 4 radical (unpaired) electrons. The monoisotopic (exact) mass is 283 g/mol. The van der Waals surface area contributed by atoms with Crippen LogP contribution in [0.2, 0.25) is 0 Å². The number of hydrogen-bond donors (Lipinski definition) is 3. The maximum atomic E-state index is 9.77. The fraction of sp³-hybridized carbons (Fsp3) is 0.375. The van der Waals surface area contributed by atoms with Crippen molar-refractivity contribution < 1.29 is 20.4 Å². The van der Waals surface area contributed by atoms with E-state index >= 15 is 0 Å². The number of rotatable bonds is 3. The van der Waals surface area contributed by atoms with Crippen molar-refractivity contribution in [1.82, 2.24) is 4.98 Å². The van der Waals surface area contributed by atoms with Crippen LogP contribution in [-0.4, -0.2) is 41.8 Å². The van der Waals surface area contributed by atoms with Crippen molar-refractivity contribution in [3.63, 3.8) is 0 Å². The summed E-state index contributed by atoms with van der Waals surface area (Å²) in [7, 11) is 10.4. The molecule has 82 valence electrons. The summed E-state index contributed by atoms with van der Waals surface area (Å²) in [4.78, 5) is 7.31. The van der Waals surface area contributed by atoms with Gasteiger partial charge in [-0.05, 0) is 34.5 Å². The van der Waals surface area contributed by atoms with E-state index < -0.39 is 11.2 Å². The van der Waals surface area contributed by atoms with Crippen LogP contribution in [0.15, 0.2) is 16.7 Å². The van der Waals surface area contributed by atoms with E-state index in [4.69, 9.17) is 20.9 Å². The third-order valence-corrected chi connectivity index (χ3v) is 2.95. The predicted molar refractivity (Wildman–Crippen MR) is 60.7 cm³/mol. The minimum Gasteiger partial charge on any atom is -0.389 e. The second-order valence-corrected chi connectivity index (χ2v) is 4.23. The summed E-state index contributed by atoms with van der Waals surface area (Å²) in [6.45, 7) is 1.72. The SMILES string of the molecule is [B]C(O)(OO)C([B])(O)c1cc(C)c(Br)cn1. The number of aryl methyl sites for hydroxylation is 1. The average molecular weight is 284 g/mol. The van der Waals surface area contributed by atoms with Crippen molar-refractivity contribution in [3.05, 3.63) is 28.0 Å². The molecular formula is C8H8B2BrNO4. The van der Waals surface area contributed by atoms with Crippen LogP contribution < -0.4 is 0 Å². The van der Waals surface area contributed by atoms with E-state index in [1.165, 1.54) is 12.3 Å². The molecule has 8 heteroatoms. The number of hydrogen-bond acceptors (Lipinski definition) is 5. The van der Waals surface area contributed by atoms with Gasteiger partial charge in [0.1, 0.15) is 13.3 Å². The number of aliphatic hydroxyl groups is 2. The summed E-state index contributed by atoms with van der Waals surface area (Å²) < 4.78 is 0.692. The normalized spacial score (nSPS) is 18.8. The lowest BCUT2D eigenvalue weighted by Gasteiger charge is -2.36. The summed E-state index contributed by atoms with van der Waals surface area (Å²) >= 11 is 3.20. The van der Waals surface area contributed by atoms with E-state index in [0.717, 1.165) is 0 Å². The number of halogens is 1. The molecule has 16 heavy (non-hydrogen) atoms. The summed E-state index contributed by atoms with van der Waals surface area (Å²) in [5, 5.41) is 27.5. The first-order chi connectivity index (χ1) is 7.22. The van der Waals surface area contributed by atoms with Gasteiger partial charge in [0.2, 0.25) is 0 Å². The van der Waals surface area contributed by atoms with Gasteiger partial charge >= 0.3 is 0 Å². The van der Waals surface area contributed by atoms with Gasteiger partial charge in [0.25, 0.3) is 0 Å². The zero-order valence-corrected chi connectivity index (χ0v) is 9.97. The molecule has 0 amide bonds.